The van der Waals surface area contributed by atoms with Crippen LogP contribution >= 0.6 is 0 Å². The van der Waals surface area contributed by atoms with E-state index in [2.05, 4.69) is 19.9 Å². The number of hydrogen-bond acceptors (Lipinski definition) is 32. The van der Waals surface area contributed by atoms with E-state index >= 15 is 0 Å². The Kier molecular flexibility index (Phi) is 25.7. The minimum absolute atomic E-state index is 0. The molecule has 6 saturated heterocycles. The van der Waals surface area contributed by atoms with E-state index in [0.717, 1.165) is 5.57 Å². The molecule has 548 valence electrons. The van der Waals surface area contributed by atoms with Crippen LogP contribution < -0.4 is 29.6 Å². The first-order valence-corrected chi connectivity index (χ1v) is 34.6. The Morgan fingerprint density at radius 2 is 1.11 bits per heavy atom. The number of fused-ring (bicyclic) bond motifs is 5. The predicted molar refractivity (Wildman–Crippen MR) is 315 cm³/mol. The smallest absolute Gasteiger partial charge is 0.726 e. The molecule has 0 radical (unpaired) electrons. The maximum absolute atomic E-state index is 13.3. The topological polar surface area (TPSA) is 498 Å². The second-order valence-electron chi connectivity index (χ2n) is 29.4. The van der Waals surface area contributed by atoms with Gasteiger partial charge in [-0.15, -0.1) is 0 Å². The Balaban J connectivity index is 0.0000108. The van der Waals surface area contributed by atoms with Gasteiger partial charge in [0.25, 0.3) is 0 Å². The molecule has 0 amide bonds. The average Bonchev–Trinajstić information content (AvgIpc) is 1.32. The fourth-order valence-electron chi connectivity index (χ4n) is 17.3. The summed E-state index contributed by atoms with van der Waals surface area (Å²) < 4.78 is 115. The molecule has 34 heteroatoms. The van der Waals surface area contributed by atoms with E-state index < -0.39 is 236 Å². The predicted octanol–water partition coefficient (Wildman–Crippen LogP) is -7.16. The second-order valence-corrected chi connectivity index (χ2v) is 30.5. The van der Waals surface area contributed by atoms with Crippen molar-refractivity contribution < 1.29 is 185 Å². The molecule has 0 bridgehead atoms. The van der Waals surface area contributed by atoms with Gasteiger partial charge in [0.15, 0.2) is 37.7 Å². The molecule has 0 aromatic carbocycles. The standard InChI is InChI=1S/C62H102O32S.Na/c1-22(2)16-27(64)19-62(9,78)36-11-10-30-29-18-34(32-17-28(94-95(79,80)81)12-14-60(32,7)31(29)13-15-61(30,36)8)87-57-48(77)51(39(68)25(5)85-57)91-58-52(93-56-45(74)42(71)38(67)24(4)84-56)46(75)49(26(6)86-58)89-59-53(92-54-43(72)40(69)33(65)21-82-54)47(76)50(35(20-63)88-59)90-55-44(73)41(70)37(66)23(3)83-55;/h13,22-26,28-30,32-59,63,65-78H,10-12,14-21H2,1-9H3,(H,79,80,81);/q;+1/p-1/t23?,24?,25?,26?,28-,29?,30?,32+,33+,34-,35?,36?,37-,38+,39+,40?,41?,42?,43?,44?,45?,46?,47?,48?,49+,50+,51?,52?,53?,54-,55-,56-,57-,58-,59-,60+,61-,62-;/m0./s1. The Hall–Kier alpha value is -0.800. The van der Waals surface area contributed by atoms with Gasteiger partial charge < -0.3 is 138 Å². The number of hydrogen-bond donors (Lipinski definition) is 15. The summed E-state index contributed by atoms with van der Waals surface area (Å²) in [5, 5.41) is 169. The van der Waals surface area contributed by atoms with Crippen molar-refractivity contribution in [2.45, 2.75) is 316 Å². The third-order valence-corrected chi connectivity index (χ3v) is 22.8. The minimum Gasteiger partial charge on any atom is -0.726 e. The summed E-state index contributed by atoms with van der Waals surface area (Å²) in [4.78, 5) is 13.3. The molecular formula is C62H101NaO32S. The number of Topliss-reactive ketones (excluding diaryl/α,β-unsaturated/α-hetero) is 1. The van der Waals surface area contributed by atoms with Gasteiger partial charge in [0.1, 0.15) is 122 Å². The summed E-state index contributed by atoms with van der Waals surface area (Å²) >= 11 is 0. The van der Waals surface area contributed by atoms with Crippen LogP contribution in [0.15, 0.2) is 11.6 Å². The van der Waals surface area contributed by atoms with E-state index in [4.69, 9.17) is 61.0 Å². The number of ether oxygens (including phenoxy) is 12. The van der Waals surface area contributed by atoms with Crippen LogP contribution in [-0.2, 0) is 76.2 Å². The van der Waals surface area contributed by atoms with Crippen molar-refractivity contribution in [1.29, 1.82) is 0 Å². The van der Waals surface area contributed by atoms with Gasteiger partial charge in [-0.3, -0.25) is 8.98 Å². The number of aliphatic hydroxyl groups is 15. The zero-order valence-electron chi connectivity index (χ0n) is 55.7. The quantitative estimate of drug-likeness (QED) is 0.0233. The first kappa shape index (κ1) is 79.3. The fraction of sp³-hybridized carbons (Fsp3) is 0.952. The molecule has 32 nitrogen and oxygen atoms in total. The molecule has 0 spiro atoms. The SMILES string of the molecule is CC(C)CC(=O)C[C@](C)(O)C1CCC2C3C[C@H](O[C@@H]4OC(C)[C@@H](O)C(O[C@@H]5OC(C)[C@@H](O[C@@H]6OC(CO)[C@@H](O[C@@H]7OC(C)[C@H](O)C(O)C7O)C(O)C6O[C@@H]6OC[C@@H](O)C(O)C6O)C(O)C5O[C@@H]5OC(C)[C@@H](O)C(O)C5O)C4O)[C@H]4C[C@@H](OS(=O)(=O)[O-])CC[C@]4(C)C3=CC[C@@]21C.[Na+]. The molecule has 4 aliphatic carbocycles. The van der Waals surface area contributed by atoms with E-state index in [-0.39, 0.29) is 84.7 Å². The number of carbonyl (C=O) groups is 1. The van der Waals surface area contributed by atoms with Crippen molar-refractivity contribution in [2.75, 3.05) is 13.2 Å². The average molecular weight is 1410 g/mol. The van der Waals surface area contributed by atoms with Crippen molar-refractivity contribution in [1.82, 2.24) is 0 Å². The van der Waals surface area contributed by atoms with Crippen molar-refractivity contribution >= 4 is 16.2 Å². The molecule has 15 N–H and O–H groups in total. The Morgan fingerprint density at radius 3 is 1.70 bits per heavy atom. The van der Waals surface area contributed by atoms with Gasteiger partial charge >= 0.3 is 29.6 Å². The van der Waals surface area contributed by atoms with Crippen LogP contribution in [0.5, 0.6) is 0 Å². The number of ketones is 1. The molecule has 10 rings (SSSR count). The minimum atomic E-state index is -5.17. The van der Waals surface area contributed by atoms with Gasteiger partial charge in [-0.2, -0.15) is 0 Å². The van der Waals surface area contributed by atoms with Crippen molar-refractivity contribution in [3.8, 4) is 0 Å². The van der Waals surface area contributed by atoms with E-state index in [0.29, 0.717) is 32.1 Å². The largest absolute Gasteiger partial charge is 1.00 e. The van der Waals surface area contributed by atoms with Gasteiger partial charge in [-0.05, 0) is 120 Å². The van der Waals surface area contributed by atoms with Crippen LogP contribution in [0.4, 0.5) is 0 Å². The molecule has 96 heavy (non-hydrogen) atoms. The number of allylic oxidation sites excluding steroid dienone is 2. The van der Waals surface area contributed by atoms with Gasteiger partial charge in [0.05, 0.1) is 55.4 Å². The van der Waals surface area contributed by atoms with Crippen LogP contribution in [-0.4, -0.2) is 305 Å². The van der Waals surface area contributed by atoms with Crippen molar-refractivity contribution in [2.24, 2.45) is 40.4 Å². The van der Waals surface area contributed by atoms with E-state index in [1.54, 1.807) is 6.92 Å². The van der Waals surface area contributed by atoms with Gasteiger partial charge in [-0.25, -0.2) is 8.42 Å². The fourth-order valence-corrected chi connectivity index (χ4v) is 17.8. The van der Waals surface area contributed by atoms with Crippen molar-refractivity contribution in [3.05, 3.63) is 11.6 Å². The third-order valence-electron chi connectivity index (χ3n) is 22.3. The second kappa shape index (κ2) is 31.1. The monoisotopic (exact) mass is 1410 g/mol. The molecule has 20 unspecified atom stereocenters. The molecule has 6 aliphatic heterocycles. The van der Waals surface area contributed by atoms with Gasteiger partial charge in [0.2, 0.25) is 10.4 Å². The molecule has 9 fully saturated rings. The maximum atomic E-state index is 13.3. The Morgan fingerprint density at radius 1 is 0.604 bits per heavy atom. The van der Waals surface area contributed by atoms with Crippen LogP contribution in [0.2, 0.25) is 0 Å². The third kappa shape index (κ3) is 15.9. The summed E-state index contributed by atoms with van der Waals surface area (Å²) in [6.45, 7) is 13.8. The van der Waals surface area contributed by atoms with E-state index in [1.165, 1.54) is 27.7 Å². The van der Waals surface area contributed by atoms with Crippen LogP contribution in [0, 0.1) is 40.4 Å². The summed E-state index contributed by atoms with van der Waals surface area (Å²) in [6.07, 6.45) is -48.0. The summed E-state index contributed by atoms with van der Waals surface area (Å²) in [5.74, 6) is -1.01. The summed E-state index contributed by atoms with van der Waals surface area (Å²) in [7, 11) is -5.17. The summed E-state index contributed by atoms with van der Waals surface area (Å²) in [5.41, 5.74) is -1.41. The maximum Gasteiger partial charge on any atom is 1.00 e. The summed E-state index contributed by atoms with van der Waals surface area (Å²) in [6, 6.07) is 0. The molecule has 10 aliphatic rings. The van der Waals surface area contributed by atoms with E-state index in [9.17, 15) is 94.4 Å². The normalized spacial score (nSPS) is 51.5. The van der Waals surface area contributed by atoms with Gasteiger partial charge in [-0.1, -0.05) is 39.3 Å². The Labute approximate surface area is 579 Å². The van der Waals surface area contributed by atoms with Crippen LogP contribution in [0.1, 0.15) is 120 Å². The van der Waals surface area contributed by atoms with Crippen LogP contribution in [0.3, 0.4) is 0 Å². The molecular weight excluding hydrogens is 1310 g/mol. The first-order chi connectivity index (χ1) is 44.4. The first-order valence-electron chi connectivity index (χ1n) is 33.3. The van der Waals surface area contributed by atoms with Gasteiger partial charge in [0, 0.05) is 12.8 Å². The van der Waals surface area contributed by atoms with Crippen molar-refractivity contribution in [3.63, 3.8) is 0 Å². The number of rotatable bonds is 20. The Bertz CT molecular complexity index is 2740. The molecule has 38 atom stereocenters. The van der Waals surface area contributed by atoms with E-state index in [1.807, 2.05) is 13.8 Å². The molecule has 0 aromatic heterocycles. The molecule has 0 aromatic rings. The molecule has 6 heterocycles. The molecule has 3 saturated carbocycles. The number of aliphatic hydroxyl groups excluding tert-OH is 14. The number of carbonyl (C=O) groups excluding carboxylic acids is 1. The van der Waals surface area contributed by atoms with Crippen LogP contribution in [0.25, 0.3) is 0 Å². The zero-order chi connectivity index (χ0) is 69.6. The zero-order valence-corrected chi connectivity index (χ0v) is 58.5.